The Labute approximate surface area is 152 Å². The second kappa shape index (κ2) is 11.1. The number of nitrogens with zero attached hydrogens (tertiary/aromatic N) is 2. The number of likely N-dealkylation sites (tertiary alicyclic amines) is 1. The third-order valence-corrected chi connectivity index (χ3v) is 4.68. The van der Waals surface area contributed by atoms with Crippen molar-refractivity contribution >= 4 is 5.96 Å². The Balaban J connectivity index is 1.76. The Kier molecular flexibility index (Phi) is 8.77. The molecular weight excluding hydrogens is 312 g/mol. The van der Waals surface area contributed by atoms with Gasteiger partial charge in [-0.2, -0.15) is 0 Å². The van der Waals surface area contributed by atoms with Crippen LogP contribution in [0.3, 0.4) is 0 Å². The van der Waals surface area contributed by atoms with E-state index in [1.807, 2.05) is 0 Å². The van der Waals surface area contributed by atoms with Gasteiger partial charge in [0.1, 0.15) is 0 Å². The van der Waals surface area contributed by atoms with E-state index in [0.717, 1.165) is 64.6 Å². The molecule has 0 amide bonds. The monoisotopic (exact) mass is 346 g/mol. The van der Waals surface area contributed by atoms with Crippen LogP contribution in [0.2, 0.25) is 0 Å². The van der Waals surface area contributed by atoms with Crippen LogP contribution in [-0.4, -0.2) is 63.3 Å². The minimum atomic E-state index is 0.510. The highest BCUT2D eigenvalue weighted by atomic mass is 16.5. The van der Waals surface area contributed by atoms with Crippen molar-refractivity contribution in [3.63, 3.8) is 0 Å². The van der Waals surface area contributed by atoms with Crippen molar-refractivity contribution in [1.29, 1.82) is 0 Å². The number of guanidine groups is 1. The van der Waals surface area contributed by atoms with E-state index >= 15 is 0 Å². The van der Waals surface area contributed by atoms with Crippen molar-refractivity contribution in [2.75, 3.05) is 46.4 Å². The van der Waals surface area contributed by atoms with Crippen LogP contribution in [0.5, 0.6) is 0 Å². The van der Waals surface area contributed by atoms with Gasteiger partial charge in [0.2, 0.25) is 0 Å². The minimum Gasteiger partial charge on any atom is -0.383 e. The Bertz CT molecular complexity index is 507. The largest absolute Gasteiger partial charge is 0.383 e. The number of aliphatic imine (C=N–C) groups is 1. The molecule has 2 N–H and O–H groups in total. The zero-order valence-corrected chi connectivity index (χ0v) is 16.1. The molecule has 1 saturated heterocycles. The predicted molar refractivity (Wildman–Crippen MR) is 105 cm³/mol. The zero-order valence-electron chi connectivity index (χ0n) is 16.1. The van der Waals surface area contributed by atoms with Crippen LogP contribution < -0.4 is 10.6 Å². The van der Waals surface area contributed by atoms with Gasteiger partial charge < -0.3 is 20.3 Å². The fourth-order valence-electron chi connectivity index (χ4n) is 3.09. The number of hydrogen-bond donors (Lipinski definition) is 2. The molecule has 1 heterocycles. The molecule has 1 aromatic rings. The van der Waals surface area contributed by atoms with Crippen molar-refractivity contribution in [3.8, 4) is 0 Å². The molecule has 2 rings (SSSR count). The summed E-state index contributed by atoms with van der Waals surface area (Å²) in [5.41, 5.74) is 2.65. The highest BCUT2D eigenvalue weighted by Gasteiger charge is 2.19. The smallest absolute Gasteiger partial charge is 0.191 e. The number of aryl methyl sites for hydroxylation is 1. The average Bonchev–Trinajstić information content (AvgIpc) is 2.63. The maximum atomic E-state index is 5.17. The number of piperidine rings is 1. The summed E-state index contributed by atoms with van der Waals surface area (Å²) in [4.78, 5) is 7.23. The highest BCUT2D eigenvalue weighted by Crippen LogP contribution is 2.10. The molecule has 1 aliphatic rings. The molecule has 0 atom stereocenters. The van der Waals surface area contributed by atoms with Crippen LogP contribution in [0.4, 0.5) is 0 Å². The third kappa shape index (κ3) is 7.45. The molecule has 0 spiro atoms. The number of methoxy groups -OCH3 is 1. The maximum absolute atomic E-state index is 5.17. The molecule has 1 aromatic carbocycles. The maximum Gasteiger partial charge on any atom is 0.191 e. The number of benzene rings is 1. The van der Waals surface area contributed by atoms with Crippen molar-refractivity contribution in [2.45, 2.75) is 39.2 Å². The van der Waals surface area contributed by atoms with E-state index in [9.17, 15) is 0 Å². The van der Waals surface area contributed by atoms with Gasteiger partial charge in [0.25, 0.3) is 0 Å². The Morgan fingerprint density at radius 1 is 1.24 bits per heavy atom. The van der Waals surface area contributed by atoms with Gasteiger partial charge in [0.05, 0.1) is 6.61 Å². The summed E-state index contributed by atoms with van der Waals surface area (Å²) >= 11 is 0. The van der Waals surface area contributed by atoms with Crippen LogP contribution in [0.25, 0.3) is 0 Å². The molecule has 1 fully saturated rings. The van der Waals surface area contributed by atoms with Crippen molar-refractivity contribution < 1.29 is 4.74 Å². The lowest BCUT2D eigenvalue weighted by Crippen LogP contribution is -2.49. The number of ether oxygens (including phenoxy) is 1. The van der Waals surface area contributed by atoms with Gasteiger partial charge in [0.15, 0.2) is 5.96 Å². The van der Waals surface area contributed by atoms with Gasteiger partial charge in [-0.15, -0.1) is 0 Å². The van der Waals surface area contributed by atoms with Crippen LogP contribution in [0.15, 0.2) is 29.3 Å². The Morgan fingerprint density at radius 2 is 1.96 bits per heavy atom. The lowest BCUT2D eigenvalue weighted by Gasteiger charge is -2.32. The van der Waals surface area contributed by atoms with Gasteiger partial charge in [-0.05, 0) is 38.7 Å². The average molecular weight is 347 g/mol. The topological polar surface area (TPSA) is 48.9 Å². The predicted octanol–water partition coefficient (Wildman–Crippen LogP) is 2.20. The van der Waals surface area contributed by atoms with Crippen molar-refractivity contribution in [3.05, 3.63) is 35.4 Å². The zero-order chi connectivity index (χ0) is 17.9. The summed E-state index contributed by atoms with van der Waals surface area (Å²) in [6.45, 7) is 10.1. The molecule has 0 radical (unpaired) electrons. The van der Waals surface area contributed by atoms with Crippen LogP contribution >= 0.6 is 0 Å². The van der Waals surface area contributed by atoms with Gasteiger partial charge >= 0.3 is 0 Å². The first-order chi connectivity index (χ1) is 12.2. The van der Waals surface area contributed by atoms with Gasteiger partial charge in [0, 0.05) is 45.9 Å². The first kappa shape index (κ1) is 19.7. The van der Waals surface area contributed by atoms with Crippen molar-refractivity contribution in [2.24, 2.45) is 4.99 Å². The lowest BCUT2D eigenvalue weighted by atomic mass is 10.1. The highest BCUT2D eigenvalue weighted by molar-refractivity contribution is 5.80. The van der Waals surface area contributed by atoms with Crippen LogP contribution in [0.1, 0.15) is 30.9 Å². The first-order valence-corrected chi connectivity index (χ1v) is 9.53. The Hall–Kier alpha value is -1.59. The molecule has 0 bridgehead atoms. The molecule has 0 aliphatic carbocycles. The molecule has 0 unspecified atom stereocenters. The molecule has 0 aromatic heterocycles. The molecule has 1 aliphatic heterocycles. The second-order valence-corrected chi connectivity index (χ2v) is 6.75. The standard InChI is InChI=1S/C20H34N4O/c1-4-21-20(22-12-9-18-7-5-17(2)6-8-18)23-19-10-13-24(14-11-19)15-16-25-3/h5-8,19H,4,9-16H2,1-3H3,(H2,21,22,23). The minimum absolute atomic E-state index is 0.510. The molecule has 0 saturated carbocycles. The lowest BCUT2D eigenvalue weighted by molar-refractivity contribution is 0.128. The van der Waals surface area contributed by atoms with Crippen molar-refractivity contribution in [1.82, 2.24) is 15.5 Å². The summed E-state index contributed by atoms with van der Waals surface area (Å²) in [6, 6.07) is 9.23. The molecule has 5 nitrogen and oxygen atoms in total. The quantitative estimate of drug-likeness (QED) is 0.560. The second-order valence-electron chi connectivity index (χ2n) is 6.75. The molecule has 140 valence electrons. The first-order valence-electron chi connectivity index (χ1n) is 9.53. The van der Waals surface area contributed by atoms with Crippen LogP contribution in [-0.2, 0) is 11.2 Å². The molecular formula is C20H34N4O. The SMILES string of the molecule is CCNC(=NCCc1ccc(C)cc1)NC1CCN(CCOC)CC1. The van der Waals surface area contributed by atoms with Gasteiger partial charge in [-0.3, -0.25) is 4.99 Å². The fraction of sp³-hybridized carbons (Fsp3) is 0.650. The van der Waals surface area contributed by atoms with E-state index in [1.54, 1.807) is 7.11 Å². The summed E-state index contributed by atoms with van der Waals surface area (Å²) in [7, 11) is 1.77. The summed E-state index contributed by atoms with van der Waals surface area (Å²) in [6.07, 6.45) is 3.30. The van der Waals surface area contributed by atoms with E-state index in [4.69, 9.17) is 9.73 Å². The normalized spacial score (nSPS) is 16.8. The van der Waals surface area contributed by atoms with E-state index in [0.29, 0.717) is 6.04 Å². The van der Waals surface area contributed by atoms with Gasteiger partial charge in [-0.1, -0.05) is 29.8 Å². The van der Waals surface area contributed by atoms with Gasteiger partial charge in [-0.25, -0.2) is 0 Å². The summed E-state index contributed by atoms with van der Waals surface area (Å²) in [5, 5.41) is 6.99. The van der Waals surface area contributed by atoms with E-state index in [1.165, 1.54) is 11.1 Å². The molecule has 25 heavy (non-hydrogen) atoms. The molecule has 5 heteroatoms. The number of rotatable bonds is 8. The van der Waals surface area contributed by atoms with Crippen LogP contribution in [0, 0.1) is 6.92 Å². The van der Waals surface area contributed by atoms with E-state index in [2.05, 4.69) is 53.6 Å². The number of nitrogens with one attached hydrogen (secondary N) is 2. The summed E-state index contributed by atoms with van der Waals surface area (Å²) in [5.74, 6) is 0.949. The third-order valence-electron chi connectivity index (χ3n) is 4.68. The Morgan fingerprint density at radius 3 is 2.60 bits per heavy atom. The van der Waals surface area contributed by atoms with E-state index < -0.39 is 0 Å². The number of hydrogen-bond acceptors (Lipinski definition) is 3. The van der Waals surface area contributed by atoms with E-state index in [-0.39, 0.29) is 0 Å². The fourth-order valence-corrected chi connectivity index (χ4v) is 3.09. The summed E-state index contributed by atoms with van der Waals surface area (Å²) < 4.78 is 5.17.